The zero-order chi connectivity index (χ0) is 10.1. The second-order valence-electron chi connectivity index (χ2n) is 3.61. The molecule has 1 atom stereocenters. The quantitative estimate of drug-likeness (QED) is 0.631. The molecule has 0 saturated heterocycles. The van der Waals surface area contributed by atoms with Crippen LogP contribution in [-0.4, -0.2) is 12.3 Å². The first kappa shape index (κ1) is 12.6. The second-order valence-corrected chi connectivity index (χ2v) is 3.61. The zero-order valence-corrected chi connectivity index (χ0v) is 9.01. The van der Waals surface area contributed by atoms with Gasteiger partial charge in [-0.05, 0) is 32.2 Å². The van der Waals surface area contributed by atoms with Gasteiger partial charge in [0.15, 0.2) is 0 Å². The summed E-state index contributed by atoms with van der Waals surface area (Å²) < 4.78 is 0. The van der Waals surface area contributed by atoms with Gasteiger partial charge in [-0.2, -0.15) is 0 Å². The summed E-state index contributed by atoms with van der Waals surface area (Å²) >= 11 is 0. The van der Waals surface area contributed by atoms with Crippen molar-refractivity contribution in [3.63, 3.8) is 0 Å². The Morgan fingerprint density at radius 2 is 2.00 bits per heavy atom. The standard InChI is InChI=1S/C11H23NO/c1-3-5-8-11(13)10(4-2)7-6-9-12/h10H,3-9,12H2,1-2H3/t10-/m1/s1. The van der Waals surface area contributed by atoms with E-state index in [1.54, 1.807) is 0 Å². The Balaban J connectivity index is 3.71. The Labute approximate surface area is 81.9 Å². The summed E-state index contributed by atoms with van der Waals surface area (Å²) in [6.45, 7) is 4.91. The minimum absolute atomic E-state index is 0.273. The molecule has 2 heteroatoms. The largest absolute Gasteiger partial charge is 0.330 e. The maximum absolute atomic E-state index is 11.6. The maximum Gasteiger partial charge on any atom is 0.135 e. The van der Waals surface area contributed by atoms with E-state index in [0.29, 0.717) is 12.3 Å². The minimum atomic E-state index is 0.273. The van der Waals surface area contributed by atoms with Crippen LogP contribution in [0.4, 0.5) is 0 Å². The number of unbranched alkanes of at least 4 members (excludes halogenated alkanes) is 1. The van der Waals surface area contributed by atoms with Gasteiger partial charge in [0.05, 0.1) is 0 Å². The molecule has 0 amide bonds. The molecule has 0 aliphatic carbocycles. The number of carbonyl (C=O) groups is 1. The molecule has 0 aliphatic rings. The lowest BCUT2D eigenvalue weighted by Gasteiger charge is -2.12. The van der Waals surface area contributed by atoms with Crippen LogP contribution in [0.25, 0.3) is 0 Å². The summed E-state index contributed by atoms with van der Waals surface area (Å²) in [7, 11) is 0. The first-order valence-corrected chi connectivity index (χ1v) is 5.49. The molecular formula is C11H23NO. The number of carbonyl (C=O) groups excluding carboxylic acids is 1. The van der Waals surface area contributed by atoms with E-state index in [2.05, 4.69) is 13.8 Å². The number of hydrogen-bond acceptors (Lipinski definition) is 2. The fraction of sp³-hybridized carbons (Fsp3) is 0.909. The van der Waals surface area contributed by atoms with E-state index in [9.17, 15) is 4.79 Å². The molecule has 0 aromatic carbocycles. The fourth-order valence-electron chi connectivity index (χ4n) is 1.51. The van der Waals surface area contributed by atoms with Crippen molar-refractivity contribution in [1.29, 1.82) is 0 Å². The Bertz CT molecular complexity index is 134. The number of rotatable bonds is 8. The molecule has 0 saturated carbocycles. The number of ketones is 1. The van der Waals surface area contributed by atoms with Crippen LogP contribution in [0.5, 0.6) is 0 Å². The lowest BCUT2D eigenvalue weighted by Crippen LogP contribution is -2.15. The van der Waals surface area contributed by atoms with E-state index in [4.69, 9.17) is 5.73 Å². The van der Waals surface area contributed by atoms with Crippen molar-refractivity contribution in [3.05, 3.63) is 0 Å². The molecule has 0 unspecified atom stereocenters. The highest BCUT2D eigenvalue weighted by Crippen LogP contribution is 2.15. The molecule has 2 nitrogen and oxygen atoms in total. The normalized spacial score (nSPS) is 12.8. The molecule has 0 heterocycles. The molecule has 0 aromatic rings. The van der Waals surface area contributed by atoms with E-state index in [1.165, 1.54) is 0 Å². The average Bonchev–Trinajstić information content (AvgIpc) is 2.16. The number of Topliss-reactive ketones (excluding diaryl/α,β-unsaturated/α-hetero) is 1. The van der Waals surface area contributed by atoms with Crippen molar-refractivity contribution in [2.75, 3.05) is 6.54 Å². The lowest BCUT2D eigenvalue weighted by atomic mass is 9.92. The van der Waals surface area contributed by atoms with Gasteiger partial charge in [-0.15, -0.1) is 0 Å². The molecule has 78 valence electrons. The molecule has 0 aliphatic heterocycles. The van der Waals surface area contributed by atoms with E-state index in [1.807, 2.05) is 0 Å². The van der Waals surface area contributed by atoms with Crippen molar-refractivity contribution >= 4 is 5.78 Å². The predicted octanol–water partition coefficient (Wildman–Crippen LogP) is 2.51. The molecule has 0 radical (unpaired) electrons. The Morgan fingerprint density at radius 1 is 1.31 bits per heavy atom. The molecule has 13 heavy (non-hydrogen) atoms. The maximum atomic E-state index is 11.6. The summed E-state index contributed by atoms with van der Waals surface area (Å²) in [5.74, 6) is 0.716. The summed E-state index contributed by atoms with van der Waals surface area (Å²) in [4.78, 5) is 11.6. The highest BCUT2D eigenvalue weighted by Gasteiger charge is 2.14. The Morgan fingerprint density at radius 3 is 2.46 bits per heavy atom. The van der Waals surface area contributed by atoms with Gasteiger partial charge in [-0.3, -0.25) is 4.79 Å². The topological polar surface area (TPSA) is 43.1 Å². The van der Waals surface area contributed by atoms with Crippen molar-refractivity contribution in [2.24, 2.45) is 11.7 Å². The Kier molecular flexibility index (Phi) is 8.00. The SMILES string of the molecule is CCCCC(=O)[C@H](CC)CCCN. The van der Waals surface area contributed by atoms with Gasteiger partial charge >= 0.3 is 0 Å². The van der Waals surface area contributed by atoms with Crippen LogP contribution in [0, 0.1) is 5.92 Å². The number of nitrogens with two attached hydrogens (primary N) is 1. The fourth-order valence-corrected chi connectivity index (χ4v) is 1.51. The van der Waals surface area contributed by atoms with Gasteiger partial charge in [-0.1, -0.05) is 20.3 Å². The third-order valence-electron chi connectivity index (χ3n) is 2.48. The highest BCUT2D eigenvalue weighted by molar-refractivity contribution is 5.80. The van der Waals surface area contributed by atoms with Crippen LogP contribution < -0.4 is 5.73 Å². The smallest absolute Gasteiger partial charge is 0.135 e. The third kappa shape index (κ3) is 5.81. The van der Waals surface area contributed by atoms with Gasteiger partial charge < -0.3 is 5.73 Å². The van der Waals surface area contributed by atoms with E-state index < -0.39 is 0 Å². The van der Waals surface area contributed by atoms with Gasteiger partial charge in [0.2, 0.25) is 0 Å². The molecule has 2 N–H and O–H groups in total. The monoisotopic (exact) mass is 185 g/mol. The van der Waals surface area contributed by atoms with Crippen molar-refractivity contribution in [1.82, 2.24) is 0 Å². The predicted molar refractivity (Wildman–Crippen MR) is 56.6 cm³/mol. The van der Waals surface area contributed by atoms with Crippen molar-refractivity contribution in [2.45, 2.75) is 52.4 Å². The van der Waals surface area contributed by atoms with Crippen LogP contribution >= 0.6 is 0 Å². The van der Waals surface area contributed by atoms with Crippen molar-refractivity contribution in [3.8, 4) is 0 Å². The van der Waals surface area contributed by atoms with Gasteiger partial charge in [0.25, 0.3) is 0 Å². The van der Waals surface area contributed by atoms with Crippen LogP contribution in [0.3, 0.4) is 0 Å². The second kappa shape index (κ2) is 8.24. The molecule has 0 spiro atoms. The van der Waals surface area contributed by atoms with Crippen molar-refractivity contribution < 1.29 is 4.79 Å². The van der Waals surface area contributed by atoms with E-state index in [0.717, 1.165) is 38.5 Å². The Hall–Kier alpha value is -0.370. The van der Waals surface area contributed by atoms with E-state index in [-0.39, 0.29) is 5.92 Å². The summed E-state index contributed by atoms with van der Waals surface area (Å²) in [5.41, 5.74) is 5.42. The van der Waals surface area contributed by atoms with Gasteiger partial charge in [-0.25, -0.2) is 0 Å². The first-order valence-electron chi connectivity index (χ1n) is 5.49. The lowest BCUT2D eigenvalue weighted by molar-refractivity contribution is -0.123. The summed E-state index contributed by atoms with van der Waals surface area (Å²) in [5, 5.41) is 0. The van der Waals surface area contributed by atoms with E-state index >= 15 is 0 Å². The minimum Gasteiger partial charge on any atom is -0.330 e. The third-order valence-corrected chi connectivity index (χ3v) is 2.48. The molecule has 0 fully saturated rings. The van der Waals surface area contributed by atoms with Gasteiger partial charge in [0, 0.05) is 12.3 Å². The highest BCUT2D eigenvalue weighted by atomic mass is 16.1. The zero-order valence-electron chi connectivity index (χ0n) is 9.01. The summed E-state index contributed by atoms with van der Waals surface area (Å²) in [6, 6.07) is 0. The molecular weight excluding hydrogens is 162 g/mol. The molecule has 0 rings (SSSR count). The average molecular weight is 185 g/mol. The van der Waals surface area contributed by atoms with Crippen LogP contribution in [0.2, 0.25) is 0 Å². The van der Waals surface area contributed by atoms with Crippen LogP contribution in [-0.2, 0) is 4.79 Å². The van der Waals surface area contributed by atoms with Crippen LogP contribution in [0.1, 0.15) is 52.4 Å². The van der Waals surface area contributed by atoms with Crippen LogP contribution in [0.15, 0.2) is 0 Å². The molecule has 0 aromatic heterocycles. The molecule has 0 bridgehead atoms. The first-order chi connectivity index (χ1) is 6.26. The summed E-state index contributed by atoms with van der Waals surface area (Å²) in [6.07, 6.45) is 5.85. The van der Waals surface area contributed by atoms with Gasteiger partial charge in [0.1, 0.15) is 5.78 Å². The number of hydrogen-bond donors (Lipinski definition) is 1.